The minimum atomic E-state index is -3.55. The van der Waals surface area contributed by atoms with Crippen LogP contribution in [0.3, 0.4) is 0 Å². The highest BCUT2D eigenvalue weighted by Gasteiger charge is 2.41. The molecule has 0 amide bonds. The fourth-order valence-electron chi connectivity index (χ4n) is 2.40. The number of ketones is 1. The maximum atomic E-state index is 12.5. The van der Waals surface area contributed by atoms with E-state index in [0.29, 0.717) is 23.6 Å². The lowest BCUT2D eigenvalue weighted by Gasteiger charge is -2.19. The summed E-state index contributed by atoms with van der Waals surface area (Å²) in [5, 5.41) is -1.17. The average Bonchev–Trinajstić information content (AvgIpc) is 2.85. The molecule has 20 heavy (non-hydrogen) atoms. The molecular formula is C14H17ClO4S. The number of carbonyl (C=O) groups excluding carboxylic acids is 1. The van der Waals surface area contributed by atoms with Gasteiger partial charge in [0.05, 0.1) is 11.4 Å². The first kappa shape index (κ1) is 15.5. The minimum absolute atomic E-state index is 0.358. The fourth-order valence-corrected chi connectivity index (χ4v) is 4.53. The van der Waals surface area contributed by atoms with Gasteiger partial charge in [-0.15, -0.1) is 0 Å². The maximum absolute atomic E-state index is 12.5. The second-order valence-electron chi connectivity index (χ2n) is 5.01. The van der Waals surface area contributed by atoms with E-state index in [-0.39, 0.29) is 6.10 Å². The van der Waals surface area contributed by atoms with Crippen LogP contribution in [0.15, 0.2) is 24.3 Å². The van der Waals surface area contributed by atoms with E-state index < -0.39 is 26.1 Å². The number of Topliss-reactive ketones (excluding diaryl/α,β-unsaturated/α-hetero) is 1. The average molecular weight is 317 g/mol. The lowest BCUT2D eigenvalue weighted by Crippen LogP contribution is -2.39. The highest BCUT2D eigenvalue weighted by Crippen LogP contribution is 2.26. The first-order chi connectivity index (χ1) is 9.34. The minimum Gasteiger partial charge on any atom is -0.377 e. The van der Waals surface area contributed by atoms with Gasteiger partial charge in [-0.05, 0) is 44.5 Å². The summed E-state index contributed by atoms with van der Waals surface area (Å²) in [5.41, 5.74) is 0.358. The summed E-state index contributed by atoms with van der Waals surface area (Å²) in [4.78, 5) is 12.3. The van der Waals surface area contributed by atoms with E-state index in [1.807, 2.05) is 0 Å². The van der Waals surface area contributed by atoms with Crippen molar-refractivity contribution in [1.82, 2.24) is 0 Å². The van der Waals surface area contributed by atoms with E-state index in [2.05, 4.69) is 0 Å². The Balaban J connectivity index is 2.23. The van der Waals surface area contributed by atoms with Crippen molar-refractivity contribution in [2.45, 2.75) is 36.9 Å². The van der Waals surface area contributed by atoms with E-state index in [1.54, 1.807) is 31.2 Å². The van der Waals surface area contributed by atoms with Crippen LogP contribution in [0.5, 0.6) is 0 Å². The van der Waals surface area contributed by atoms with Gasteiger partial charge in [-0.1, -0.05) is 11.6 Å². The molecule has 3 atom stereocenters. The van der Waals surface area contributed by atoms with Gasteiger partial charge in [0.25, 0.3) is 0 Å². The smallest absolute Gasteiger partial charge is 0.180 e. The molecule has 1 aromatic carbocycles. The number of carbonyl (C=O) groups is 1. The van der Waals surface area contributed by atoms with Crippen molar-refractivity contribution in [1.29, 1.82) is 0 Å². The number of halogens is 1. The quantitative estimate of drug-likeness (QED) is 0.801. The van der Waals surface area contributed by atoms with Crippen LogP contribution in [-0.2, 0) is 14.6 Å². The molecule has 3 unspecified atom stereocenters. The van der Waals surface area contributed by atoms with Crippen molar-refractivity contribution in [2.24, 2.45) is 0 Å². The van der Waals surface area contributed by atoms with E-state index in [9.17, 15) is 13.2 Å². The van der Waals surface area contributed by atoms with Crippen LogP contribution < -0.4 is 0 Å². The van der Waals surface area contributed by atoms with Crippen LogP contribution >= 0.6 is 11.6 Å². The molecule has 2 rings (SSSR count). The molecule has 0 N–H and O–H groups in total. The molecule has 1 aliphatic heterocycles. The van der Waals surface area contributed by atoms with Crippen molar-refractivity contribution in [3.05, 3.63) is 34.9 Å². The molecule has 1 aliphatic rings. The Morgan fingerprint density at radius 2 is 1.95 bits per heavy atom. The zero-order valence-electron chi connectivity index (χ0n) is 11.4. The number of rotatable bonds is 4. The first-order valence-corrected chi connectivity index (χ1v) is 8.47. The summed E-state index contributed by atoms with van der Waals surface area (Å²) >= 11 is 5.76. The van der Waals surface area contributed by atoms with Gasteiger partial charge >= 0.3 is 0 Å². The predicted octanol–water partition coefficient (Wildman–Crippen LogP) is 2.50. The SMILES string of the molecule is CC1OCCC1S(=O)(=O)C(C)C(=O)c1ccc(Cl)cc1. The van der Waals surface area contributed by atoms with Crippen molar-refractivity contribution in [3.8, 4) is 0 Å². The van der Waals surface area contributed by atoms with Gasteiger partial charge in [-0.3, -0.25) is 4.79 Å². The van der Waals surface area contributed by atoms with Gasteiger partial charge in [0.15, 0.2) is 15.6 Å². The third kappa shape index (κ3) is 2.90. The van der Waals surface area contributed by atoms with Gasteiger partial charge in [0, 0.05) is 17.2 Å². The summed E-state index contributed by atoms with van der Waals surface area (Å²) in [6, 6.07) is 6.25. The van der Waals surface area contributed by atoms with Crippen molar-refractivity contribution >= 4 is 27.2 Å². The molecule has 110 valence electrons. The Morgan fingerprint density at radius 1 is 1.35 bits per heavy atom. The van der Waals surface area contributed by atoms with Crippen molar-refractivity contribution in [2.75, 3.05) is 6.61 Å². The number of sulfone groups is 1. The molecule has 1 heterocycles. The molecule has 1 aromatic rings. The summed E-state index contributed by atoms with van der Waals surface area (Å²) in [6.07, 6.45) is 0.0855. The number of ether oxygens (including phenoxy) is 1. The standard InChI is InChI=1S/C14H17ClO4S/c1-9-13(7-8-19-9)20(17,18)10(2)14(16)11-3-5-12(15)6-4-11/h3-6,9-10,13H,7-8H2,1-2H3. The molecule has 0 aromatic heterocycles. The summed E-state index contributed by atoms with van der Waals surface area (Å²) in [6.45, 7) is 3.60. The Hall–Kier alpha value is -0.910. The van der Waals surface area contributed by atoms with Crippen LogP contribution in [-0.4, -0.2) is 37.4 Å². The number of benzene rings is 1. The normalized spacial score (nSPS) is 24.6. The summed E-state index contributed by atoms with van der Waals surface area (Å²) in [7, 11) is -3.55. The molecule has 0 saturated carbocycles. The Labute approximate surface area is 124 Å². The molecular weight excluding hydrogens is 300 g/mol. The van der Waals surface area contributed by atoms with Crippen molar-refractivity contribution < 1.29 is 17.9 Å². The van der Waals surface area contributed by atoms with Gasteiger partial charge in [0.2, 0.25) is 0 Å². The van der Waals surface area contributed by atoms with Crippen LogP contribution in [0.2, 0.25) is 5.02 Å². The van der Waals surface area contributed by atoms with Gasteiger partial charge in [-0.2, -0.15) is 0 Å². The second kappa shape index (κ2) is 5.84. The van der Waals surface area contributed by atoms with E-state index >= 15 is 0 Å². The molecule has 1 saturated heterocycles. The number of hydrogen-bond acceptors (Lipinski definition) is 4. The third-order valence-electron chi connectivity index (χ3n) is 3.72. The lowest BCUT2D eigenvalue weighted by atomic mass is 10.1. The van der Waals surface area contributed by atoms with Gasteiger partial charge in [-0.25, -0.2) is 8.42 Å². The fraction of sp³-hybridized carbons (Fsp3) is 0.500. The Kier molecular flexibility index (Phi) is 4.52. The van der Waals surface area contributed by atoms with E-state index in [4.69, 9.17) is 16.3 Å². The largest absolute Gasteiger partial charge is 0.377 e. The summed E-state index contributed by atoms with van der Waals surface area (Å²) < 4.78 is 30.3. The molecule has 0 radical (unpaired) electrons. The van der Waals surface area contributed by atoms with E-state index in [1.165, 1.54) is 6.92 Å². The molecule has 6 heteroatoms. The maximum Gasteiger partial charge on any atom is 0.180 e. The molecule has 1 fully saturated rings. The van der Waals surface area contributed by atoms with Crippen LogP contribution in [0.1, 0.15) is 30.6 Å². The van der Waals surface area contributed by atoms with Crippen LogP contribution in [0, 0.1) is 0 Å². The topological polar surface area (TPSA) is 60.4 Å². The monoisotopic (exact) mass is 316 g/mol. The lowest BCUT2D eigenvalue weighted by molar-refractivity contribution is 0.0990. The highest BCUT2D eigenvalue weighted by atomic mass is 35.5. The molecule has 0 spiro atoms. The van der Waals surface area contributed by atoms with Crippen LogP contribution in [0.25, 0.3) is 0 Å². The number of hydrogen-bond donors (Lipinski definition) is 0. The third-order valence-corrected chi connectivity index (χ3v) is 6.63. The second-order valence-corrected chi connectivity index (χ2v) is 7.93. The van der Waals surface area contributed by atoms with E-state index in [0.717, 1.165) is 0 Å². The predicted molar refractivity (Wildman–Crippen MR) is 78.0 cm³/mol. The van der Waals surface area contributed by atoms with Crippen molar-refractivity contribution in [3.63, 3.8) is 0 Å². The van der Waals surface area contributed by atoms with Gasteiger partial charge < -0.3 is 4.74 Å². The zero-order valence-corrected chi connectivity index (χ0v) is 12.9. The summed E-state index contributed by atoms with van der Waals surface area (Å²) in [5.74, 6) is -0.402. The van der Waals surface area contributed by atoms with Gasteiger partial charge in [0.1, 0.15) is 5.25 Å². The molecule has 4 nitrogen and oxygen atoms in total. The zero-order chi connectivity index (χ0) is 14.9. The highest BCUT2D eigenvalue weighted by molar-refractivity contribution is 7.93. The molecule has 0 aliphatic carbocycles. The molecule has 0 bridgehead atoms. The Morgan fingerprint density at radius 3 is 2.45 bits per heavy atom. The Bertz CT molecular complexity index is 594. The van der Waals surface area contributed by atoms with Crippen LogP contribution in [0.4, 0.5) is 0 Å². The first-order valence-electron chi connectivity index (χ1n) is 6.48.